The SMILES string of the molecule is CC1(C)CC(C(=O)O)(c2ccccc2)c2cc(Cl)ccc2O1. The second-order valence-corrected chi connectivity index (χ2v) is 6.69. The Balaban J connectivity index is 2.34. The molecule has 2 aromatic rings. The molecule has 0 saturated heterocycles. The van der Waals surface area contributed by atoms with Crippen LogP contribution in [0.3, 0.4) is 0 Å². The molecule has 0 fully saturated rings. The van der Waals surface area contributed by atoms with Gasteiger partial charge in [0.25, 0.3) is 0 Å². The zero-order valence-electron chi connectivity index (χ0n) is 12.5. The first-order valence-corrected chi connectivity index (χ1v) is 7.51. The summed E-state index contributed by atoms with van der Waals surface area (Å²) in [4.78, 5) is 12.3. The van der Waals surface area contributed by atoms with Crippen molar-refractivity contribution < 1.29 is 14.6 Å². The topological polar surface area (TPSA) is 46.5 Å². The van der Waals surface area contributed by atoms with Gasteiger partial charge in [-0.1, -0.05) is 41.9 Å². The summed E-state index contributed by atoms with van der Waals surface area (Å²) >= 11 is 6.12. The van der Waals surface area contributed by atoms with Crippen LogP contribution in [0.2, 0.25) is 5.02 Å². The molecule has 1 unspecified atom stereocenters. The first kappa shape index (κ1) is 14.9. The maximum atomic E-state index is 12.3. The third-order valence-electron chi connectivity index (χ3n) is 4.11. The predicted octanol–water partition coefficient (Wildman–Crippen LogP) is 4.27. The van der Waals surface area contributed by atoms with E-state index in [1.54, 1.807) is 18.2 Å². The van der Waals surface area contributed by atoms with Crippen molar-refractivity contribution >= 4 is 17.6 Å². The Kier molecular flexibility index (Phi) is 3.41. The van der Waals surface area contributed by atoms with Gasteiger partial charge in [0.1, 0.15) is 16.8 Å². The number of carboxylic acid groups (broad SMARTS) is 1. The van der Waals surface area contributed by atoms with E-state index >= 15 is 0 Å². The predicted molar refractivity (Wildman–Crippen MR) is 85.6 cm³/mol. The lowest BCUT2D eigenvalue weighted by atomic mass is 9.66. The zero-order valence-corrected chi connectivity index (χ0v) is 13.2. The lowest BCUT2D eigenvalue weighted by Crippen LogP contribution is -2.49. The largest absolute Gasteiger partial charge is 0.487 e. The van der Waals surface area contributed by atoms with Crippen molar-refractivity contribution in [2.45, 2.75) is 31.3 Å². The fraction of sp³-hybridized carbons (Fsp3) is 0.278. The Morgan fingerprint density at radius 2 is 1.86 bits per heavy atom. The minimum absolute atomic E-state index is 0.340. The number of rotatable bonds is 2. The molecular weight excluding hydrogens is 300 g/mol. The fourth-order valence-electron chi connectivity index (χ4n) is 3.29. The average Bonchev–Trinajstić information content (AvgIpc) is 2.47. The molecule has 4 heteroatoms. The van der Waals surface area contributed by atoms with Crippen LogP contribution in [0.25, 0.3) is 0 Å². The first-order chi connectivity index (χ1) is 10.3. The molecule has 1 aliphatic rings. The number of hydrogen-bond acceptors (Lipinski definition) is 2. The summed E-state index contributed by atoms with van der Waals surface area (Å²) in [5, 5.41) is 10.6. The zero-order chi connectivity index (χ0) is 16.0. The molecule has 0 aromatic heterocycles. The van der Waals surface area contributed by atoms with E-state index in [2.05, 4.69) is 0 Å². The molecule has 3 nitrogen and oxygen atoms in total. The van der Waals surface area contributed by atoms with Gasteiger partial charge >= 0.3 is 5.97 Å². The van der Waals surface area contributed by atoms with Crippen molar-refractivity contribution in [1.29, 1.82) is 0 Å². The summed E-state index contributed by atoms with van der Waals surface area (Å²) in [7, 11) is 0. The van der Waals surface area contributed by atoms with E-state index in [0.29, 0.717) is 22.8 Å². The van der Waals surface area contributed by atoms with Crippen molar-refractivity contribution in [1.82, 2.24) is 0 Å². The highest BCUT2D eigenvalue weighted by Gasteiger charge is 2.51. The number of carbonyl (C=O) groups is 1. The van der Waals surface area contributed by atoms with Crippen LogP contribution in [0.15, 0.2) is 48.5 Å². The summed E-state index contributed by atoms with van der Waals surface area (Å²) in [6.45, 7) is 3.82. The van der Waals surface area contributed by atoms with Crippen LogP contribution in [-0.4, -0.2) is 16.7 Å². The maximum absolute atomic E-state index is 12.3. The molecule has 0 saturated carbocycles. The standard InChI is InChI=1S/C18H17ClO3/c1-17(2)11-18(16(20)21,12-6-4-3-5-7-12)14-10-13(19)8-9-15(14)22-17/h3-10H,11H2,1-2H3,(H,20,21). The minimum Gasteiger partial charge on any atom is -0.487 e. The number of aliphatic carboxylic acids is 1. The molecule has 114 valence electrons. The van der Waals surface area contributed by atoms with Gasteiger partial charge in [-0.3, -0.25) is 4.79 Å². The molecule has 0 spiro atoms. The van der Waals surface area contributed by atoms with E-state index in [4.69, 9.17) is 16.3 Å². The Hall–Kier alpha value is -2.00. The smallest absolute Gasteiger partial charge is 0.318 e. The summed E-state index contributed by atoms with van der Waals surface area (Å²) in [5.74, 6) is -0.314. The molecule has 22 heavy (non-hydrogen) atoms. The number of benzene rings is 2. The highest BCUT2D eigenvalue weighted by atomic mass is 35.5. The van der Waals surface area contributed by atoms with Crippen LogP contribution in [0.5, 0.6) is 5.75 Å². The van der Waals surface area contributed by atoms with Crippen LogP contribution >= 0.6 is 11.6 Å². The van der Waals surface area contributed by atoms with Gasteiger partial charge < -0.3 is 9.84 Å². The summed E-state index contributed by atoms with van der Waals surface area (Å²) in [6, 6.07) is 14.5. The Bertz CT molecular complexity index is 724. The van der Waals surface area contributed by atoms with Gasteiger partial charge in [0, 0.05) is 17.0 Å². The Morgan fingerprint density at radius 3 is 2.50 bits per heavy atom. The molecule has 1 aliphatic heterocycles. The number of ether oxygens (including phenoxy) is 1. The quantitative estimate of drug-likeness (QED) is 0.900. The van der Waals surface area contributed by atoms with Crippen LogP contribution in [0.4, 0.5) is 0 Å². The molecular formula is C18H17ClO3. The van der Waals surface area contributed by atoms with Gasteiger partial charge in [0.2, 0.25) is 0 Å². The molecule has 0 aliphatic carbocycles. The van der Waals surface area contributed by atoms with Gasteiger partial charge in [-0.05, 0) is 37.6 Å². The molecule has 2 aromatic carbocycles. The molecule has 1 N–H and O–H groups in total. The molecule has 0 radical (unpaired) electrons. The number of halogens is 1. The average molecular weight is 317 g/mol. The van der Waals surface area contributed by atoms with Gasteiger partial charge in [-0.2, -0.15) is 0 Å². The number of hydrogen-bond donors (Lipinski definition) is 1. The Morgan fingerprint density at radius 1 is 1.18 bits per heavy atom. The van der Waals surface area contributed by atoms with Crippen LogP contribution in [0.1, 0.15) is 31.4 Å². The molecule has 3 rings (SSSR count). The van der Waals surface area contributed by atoms with Crippen molar-refractivity contribution in [2.24, 2.45) is 0 Å². The van der Waals surface area contributed by atoms with Crippen molar-refractivity contribution in [2.75, 3.05) is 0 Å². The van der Waals surface area contributed by atoms with Crippen LogP contribution < -0.4 is 4.74 Å². The minimum atomic E-state index is -1.16. The highest BCUT2D eigenvalue weighted by molar-refractivity contribution is 6.30. The van der Waals surface area contributed by atoms with E-state index in [1.165, 1.54) is 0 Å². The molecule has 0 bridgehead atoms. The van der Waals surface area contributed by atoms with Crippen LogP contribution in [-0.2, 0) is 10.2 Å². The second kappa shape index (κ2) is 5.03. The van der Waals surface area contributed by atoms with Gasteiger partial charge in [-0.25, -0.2) is 0 Å². The lowest BCUT2D eigenvalue weighted by molar-refractivity contribution is -0.145. The summed E-state index contributed by atoms with van der Waals surface area (Å²) in [5.41, 5.74) is -0.404. The van der Waals surface area contributed by atoms with E-state index < -0.39 is 17.0 Å². The highest BCUT2D eigenvalue weighted by Crippen LogP contribution is 2.49. The number of carboxylic acids is 1. The van der Waals surface area contributed by atoms with Gasteiger partial charge in [0.15, 0.2) is 0 Å². The molecule has 1 heterocycles. The van der Waals surface area contributed by atoms with Crippen molar-refractivity contribution in [3.63, 3.8) is 0 Å². The Labute approximate surface area is 134 Å². The molecule has 1 atom stereocenters. The third-order valence-corrected chi connectivity index (χ3v) is 4.35. The molecule has 0 amide bonds. The lowest BCUT2D eigenvalue weighted by Gasteiger charge is -2.44. The summed E-state index contributed by atoms with van der Waals surface area (Å²) in [6.07, 6.45) is 0.340. The van der Waals surface area contributed by atoms with E-state index in [9.17, 15) is 9.90 Å². The van der Waals surface area contributed by atoms with E-state index in [1.807, 2.05) is 44.2 Å². The van der Waals surface area contributed by atoms with Gasteiger partial charge in [-0.15, -0.1) is 0 Å². The first-order valence-electron chi connectivity index (χ1n) is 7.13. The van der Waals surface area contributed by atoms with E-state index in [-0.39, 0.29) is 0 Å². The second-order valence-electron chi connectivity index (χ2n) is 6.26. The van der Waals surface area contributed by atoms with Crippen molar-refractivity contribution in [3.05, 3.63) is 64.7 Å². The fourth-order valence-corrected chi connectivity index (χ4v) is 3.46. The van der Waals surface area contributed by atoms with Crippen molar-refractivity contribution in [3.8, 4) is 5.75 Å². The number of fused-ring (bicyclic) bond motifs is 1. The monoisotopic (exact) mass is 316 g/mol. The normalized spacial score (nSPS) is 22.5. The summed E-state index contributed by atoms with van der Waals surface area (Å²) < 4.78 is 5.98. The maximum Gasteiger partial charge on any atom is 0.318 e. The van der Waals surface area contributed by atoms with Gasteiger partial charge in [0.05, 0.1) is 0 Å². The van der Waals surface area contributed by atoms with E-state index in [0.717, 1.165) is 5.56 Å². The van der Waals surface area contributed by atoms with Crippen LogP contribution in [0, 0.1) is 0 Å². The third kappa shape index (κ3) is 2.26.